The third-order valence-corrected chi connectivity index (χ3v) is 7.63. The van der Waals surface area contributed by atoms with Crippen molar-refractivity contribution >= 4 is 46.0 Å². The first kappa shape index (κ1) is 33.8. The number of ether oxygens (including phenoxy) is 1. The number of nitrogen functional groups attached to an aromatic ring is 2. The molecule has 2 aromatic heterocycles. The Balaban J connectivity index is 0.000000135. The van der Waals surface area contributed by atoms with Crippen molar-refractivity contribution in [1.29, 1.82) is 0 Å². The highest BCUT2D eigenvalue weighted by molar-refractivity contribution is 5.86. The van der Waals surface area contributed by atoms with Crippen LogP contribution in [0.25, 0.3) is 55.6 Å². The quantitative estimate of drug-likeness (QED) is 0.103. The zero-order chi connectivity index (χ0) is 35.6. The third kappa shape index (κ3) is 8.70. The summed E-state index contributed by atoms with van der Waals surface area (Å²) in [7, 11) is 0. The van der Waals surface area contributed by atoms with E-state index in [4.69, 9.17) is 25.0 Å². The Morgan fingerprint density at radius 1 is 0.627 bits per heavy atom. The van der Waals surface area contributed by atoms with E-state index in [1.807, 2.05) is 121 Å². The van der Waals surface area contributed by atoms with Gasteiger partial charge >= 0.3 is 12.1 Å². The molecule has 6 N–H and O–H groups in total. The van der Waals surface area contributed by atoms with Gasteiger partial charge in [-0.05, 0) is 76.7 Å². The number of amides is 1. The largest absolute Gasteiger partial charge is 0.506 e. The van der Waals surface area contributed by atoms with E-state index >= 15 is 0 Å². The number of hydrogen-bond acceptors (Lipinski definition) is 9. The number of anilines is 3. The van der Waals surface area contributed by atoms with Crippen molar-refractivity contribution in [3.05, 3.63) is 146 Å². The molecule has 0 aliphatic rings. The number of hydrogen-bond donors (Lipinski definition) is 4. The Bertz CT molecular complexity index is 2360. The molecule has 8 rings (SSSR count). The zero-order valence-corrected chi connectivity index (χ0v) is 27.7. The summed E-state index contributed by atoms with van der Waals surface area (Å²) in [6.07, 6.45) is -0.577. The van der Waals surface area contributed by atoms with Crippen molar-refractivity contribution in [3.8, 4) is 39.1 Å². The number of nitrogens with one attached hydrogen (secondary N) is 1. The van der Waals surface area contributed by atoms with Crippen LogP contribution in [0.3, 0.4) is 0 Å². The highest BCUT2D eigenvalue weighted by atomic mass is 16.5. The molecule has 0 spiro atoms. The molecular formula is C41H35N5O5. The molecule has 1 amide bonds. The van der Waals surface area contributed by atoms with E-state index in [0.717, 1.165) is 44.5 Å². The molecule has 0 aliphatic carbocycles. The van der Waals surface area contributed by atoms with Crippen molar-refractivity contribution in [3.63, 3.8) is 0 Å². The van der Waals surface area contributed by atoms with Crippen molar-refractivity contribution in [2.45, 2.75) is 6.92 Å². The molecule has 0 unspecified atom stereocenters. The van der Waals surface area contributed by atoms with Crippen LogP contribution < -0.4 is 16.8 Å². The summed E-state index contributed by atoms with van der Waals surface area (Å²) < 4.78 is 15.5. The molecule has 0 saturated carbocycles. The Hall–Kier alpha value is -7.07. The monoisotopic (exact) mass is 677 g/mol. The molecule has 6 aromatic carbocycles. The molecule has 0 saturated heterocycles. The van der Waals surface area contributed by atoms with Gasteiger partial charge in [0.2, 0.25) is 0 Å². The van der Waals surface area contributed by atoms with Crippen LogP contribution in [-0.2, 0) is 4.74 Å². The maximum absolute atomic E-state index is 11.3. The average molecular weight is 678 g/mol. The van der Waals surface area contributed by atoms with E-state index in [1.165, 1.54) is 0 Å². The van der Waals surface area contributed by atoms with E-state index in [2.05, 4.69) is 27.4 Å². The van der Waals surface area contributed by atoms with Crippen LogP contribution in [0.2, 0.25) is 0 Å². The van der Waals surface area contributed by atoms with Crippen molar-refractivity contribution in [2.75, 3.05) is 23.4 Å². The summed E-state index contributed by atoms with van der Waals surface area (Å²) in [5.74, 6) is 0.129. The molecule has 10 nitrogen and oxygen atoms in total. The lowest BCUT2D eigenvalue weighted by Gasteiger charge is -2.03. The van der Waals surface area contributed by atoms with Gasteiger partial charge in [-0.1, -0.05) is 109 Å². The molecule has 0 radical (unpaired) electrons. The van der Waals surface area contributed by atoms with Gasteiger partial charge in [0.1, 0.15) is 16.8 Å². The van der Waals surface area contributed by atoms with Crippen molar-refractivity contribution < 1.29 is 23.5 Å². The van der Waals surface area contributed by atoms with E-state index in [-0.39, 0.29) is 17.8 Å². The smallest absolute Gasteiger partial charge is 0.415 e. The van der Waals surface area contributed by atoms with Crippen LogP contribution in [0, 0.1) is 0 Å². The first-order valence-corrected chi connectivity index (χ1v) is 16.1. The van der Waals surface area contributed by atoms with E-state index in [1.54, 1.807) is 19.1 Å². The number of benzene rings is 6. The fourth-order valence-corrected chi connectivity index (χ4v) is 5.17. The van der Waals surface area contributed by atoms with Gasteiger partial charge in [-0.3, -0.25) is 0 Å². The number of carbonyl (C=O) groups is 1. The number of phenolic OH excluding ortho intramolecular Hbond substituents is 1. The molecule has 8 aromatic rings. The predicted octanol–water partition coefficient (Wildman–Crippen LogP) is 9.78. The summed E-state index contributed by atoms with van der Waals surface area (Å²) in [6.45, 7) is 2.03. The fourth-order valence-electron chi connectivity index (χ4n) is 5.17. The number of oxazole rings is 2. The second-order valence-corrected chi connectivity index (χ2v) is 11.2. The lowest BCUT2D eigenvalue weighted by molar-refractivity contribution is 0.167. The molecule has 0 fully saturated rings. The van der Waals surface area contributed by atoms with Gasteiger partial charge in [0.05, 0.1) is 12.3 Å². The van der Waals surface area contributed by atoms with Gasteiger partial charge < -0.3 is 30.1 Å². The fraction of sp³-hybridized carbons (Fsp3) is 0.0488. The minimum atomic E-state index is -0.577. The Kier molecular flexibility index (Phi) is 10.5. The lowest BCUT2D eigenvalue weighted by Crippen LogP contribution is -2.13. The highest BCUT2D eigenvalue weighted by Crippen LogP contribution is 2.28. The van der Waals surface area contributed by atoms with E-state index < -0.39 is 6.09 Å². The normalized spacial score (nSPS) is 10.5. The number of carbonyl (C=O) groups excluding carboxylic acids is 1. The first-order valence-electron chi connectivity index (χ1n) is 16.1. The number of fused-ring (bicyclic) bond motifs is 2. The number of nitrogens with two attached hydrogens (primary N) is 2. The van der Waals surface area contributed by atoms with E-state index in [9.17, 15) is 9.90 Å². The summed E-state index contributed by atoms with van der Waals surface area (Å²) in [4.78, 5) is 19.7. The van der Waals surface area contributed by atoms with Gasteiger partial charge in [0.15, 0.2) is 11.2 Å². The lowest BCUT2D eigenvalue weighted by atomic mass is 10.1. The SMILES string of the molecule is CCOC(=O)Nc1nc2cc(-c3ccccc3)ccc2o1.Nc1cc(-c2ccccc2)ccc1O.Nc1nc2cc(-c3ccccc3)ccc2o1. The number of nitrogens with zero attached hydrogens (tertiary/aromatic N) is 2. The van der Waals surface area contributed by atoms with Crippen molar-refractivity contribution in [2.24, 2.45) is 0 Å². The molecular weight excluding hydrogens is 642 g/mol. The molecule has 10 heteroatoms. The summed E-state index contributed by atoms with van der Waals surface area (Å²) in [5, 5.41) is 11.7. The van der Waals surface area contributed by atoms with Crippen LogP contribution >= 0.6 is 0 Å². The second-order valence-electron chi connectivity index (χ2n) is 11.2. The molecule has 254 valence electrons. The highest BCUT2D eigenvalue weighted by Gasteiger charge is 2.11. The number of rotatable bonds is 5. The molecule has 0 aliphatic heterocycles. The second kappa shape index (κ2) is 15.9. The molecule has 51 heavy (non-hydrogen) atoms. The third-order valence-electron chi connectivity index (χ3n) is 7.63. The van der Waals surface area contributed by atoms with Crippen LogP contribution in [0.1, 0.15) is 6.92 Å². The van der Waals surface area contributed by atoms with Gasteiger partial charge in [0.25, 0.3) is 6.01 Å². The van der Waals surface area contributed by atoms with Gasteiger partial charge in [-0.15, -0.1) is 0 Å². The Morgan fingerprint density at radius 3 is 1.61 bits per heavy atom. The summed E-state index contributed by atoms with van der Waals surface area (Å²) in [5.41, 5.74) is 20.8. The Morgan fingerprint density at radius 2 is 1.10 bits per heavy atom. The van der Waals surface area contributed by atoms with Crippen LogP contribution in [0.5, 0.6) is 5.75 Å². The first-order chi connectivity index (χ1) is 24.9. The topological polar surface area (TPSA) is 163 Å². The maximum Gasteiger partial charge on any atom is 0.415 e. The molecule has 0 bridgehead atoms. The number of aromatic hydroxyl groups is 1. The Labute approximate surface area is 294 Å². The number of aromatic nitrogens is 2. The number of phenols is 1. The van der Waals surface area contributed by atoms with Crippen LogP contribution in [0.4, 0.5) is 22.5 Å². The van der Waals surface area contributed by atoms with Crippen LogP contribution in [-0.4, -0.2) is 27.8 Å². The molecule has 2 heterocycles. The summed E-state index contributed by atoms with van der Waals surface area (Å²) in [6, 6.07) is 47.2. The standard InChI is InChI=1S/C16H14N2O3.C13H10N2O.C12H11NO/c1-2-20-16(19)18-15-17-13-10-12(8-9-14(13)21-15)11-6-4-3-5-7-11;14-13-15-11-8-10(6-7-12(11)16-13)9-4-2-1-3-5-9;13-11-8-10(6-7-12(11)14)9-4-2-1-3-5-9/h3-10H,2H2,1H3,(H,17,18,19);1-8H,(H2,14,15);1-8,14H,13H2. The van der Waals surface area contributed by atoms with Crippen molar-refractivity contribution in [1.82, 2.24) is 9.97 Å². The zero-order valence-electron chi connectivity index (χ0n) is 27.7. The van der Waals surface area contributed by atoms with Gasteiger partial charge in [-0.2, -0.15) is 9.97 Å². The maximum atomic E-state index is 11.3. The van der Waals surface area contributed by atoms with Gasteiger partial charge in [0, 0.05) is 0 Å². The summed E-state index contributed by atoms with van der Waals surface area (Å²) >= 11 is 0. The molecule has 0 atom stereocenters. The minimum absolute atomic E-state index is 0.129. The van der Waals surface area contributed by atoms with E-state index in [0.29, 0.717) is 23.4 Å². The minimum Gasteiger partial charge on any atom is -0.506 e. The predicted molar refractivity (Wildman–Crippen MR) is 202 cm³/mol. The van der Waals surface area contributed by atoms with Crippen LogP contribution in [0.15, 0.2) is 154 Å². The van der Waals surface area contributed by atoms with Gasteiger partial charge in [-0.25, -0.2) is 10.1 Å². The average Bonchev–Trinajstić information content (AvgIpc) is 3.75.